The third-order valence-electron chi connectivity index (χ3n) is 4.49. The largest absolute Gasteiger partial charge is 0.372 e. The van der Waals surface area contributed by atoms with Gasteiger partial charge in [-0.15, -0.1) is 0 Å². The van der Waals surface area contributed by atoms with Crippen LogP contribution in [0.3, 0.4) is 0 Å². The van der Waals surface area contributed by atoms with E-state index in [0.29, 0.717) is 25.1 Å². The summed E-state index contributed by atoms with van der Waals surface area (Å²) in [5.74, 6) is 0. The van der Waals surface area contributed by atoms with Crippen molar-refractivity contribution in [2.75, 3.05) is 6.61 Å². The zero-order valence-electron chi connectivity index (χ0n) is 14.0. The Morgan fingerprint density at radius 3 is 3.00 bits per heavy atom. The van der Waals surface area contributed by atoms with E-state index in [1.807, 2.05) is 11.6 Å². The van der Waals surface area contributed by atoms with E-state index in [-0.39, 0.29) is 22.3 Å². The van der Waals surface area contributed by atoms with E-state index in [1.54, 1.807) is 36.9 Å². The molecule has 0 aromatic carbocycles. The number of sulfonamides is 1. The molecule has 0 bridgehead atoms. The minimum absolute atomic E-state index is 0.0426. The number of aryl methyl sites for hydroxylation is 1. The van der Waals surface area contributed by atoms with Crippen LogP contribution in [0, 0.1) is 0 Å². The molecular weight excluding hydrogens is 378 g/mol. The summed E-state index contributed by atoms with van der Waals surface area (Å²) < 4.78 is 37.8. The van der Waals surface area contributed by atoms with E-state index in [4.69, 9.17) is 16.3 Å². The first-order valence-electron chi connectivity index (χ1n) is 8.18. The van der Waals surface area contributed by atoms with Crippen molar-refractivity contribution in [1.82, 2.24) is 23.7 Å². The topological polar surface area (TPSA) is 90.5 Å². The molecule has 3 aromatic rings. The zero-order chi connectivity index (χ0) is 18.3. The highest BCUT2D eigenvalue weighted by atomic mass is 35.5. The lowest BCUT2D eigenvalue weighted by atomic mass is 10.0. The lowest BCUT2D eigenvalue weighted by molar-refractivity contribution is -0.0000550. The monoisotopic (exact) mass is 395 g/mol. The number of hydrogen-bond donors (Lipinski definition) is 1. The molecule has 0 unspecified atom stereocenters. The number of fused-ring (bicyclic) bond motifs is 1. The maximum absolute atomic E-state index is 12.9. The van der Waals surface area contributed by atoms with Crippen LogP contribution in [0.2, 0.25) is 5.15 Å². The lowest BCUT2D eigenvalue weighted by Gasteiger charge is -2.30. The van der Waals surface area contributed by atoms with Gasteiger partial charge in [0.2, 0.25) is 0 Å². The molecule has 0 radical (unpaired) electrons. The van der Waals surface area contributed by atoms with E-state index in [1.165, 1.54) is 4.40 Å². The molecular formula is C16H18ClN5O3S. The van der Waals surface area contributed by atoms with Crippen molar-refractivity contribution >= 4 is 27.3 Å². The SMILES string of the molecule is Cn1cncc1[C@@H]1C[C@@H](NS(=O)(=O)c2c(Cl)nc3ccccn23)CCO1. The van der Waals surface area contributed by atoms with Gasteiger partial charge < -0.3 is 9.30 Å². The Labute approximate surface area is 155 Å². The average Bonchev–Trinajstić information content (AvgIpc) is 3.17. The number of ether oxygens (including phenoxy) is 1. The quantitative estimate of drug-likeness (QED) is 0.728. The highest BCUT2D eigenvalue weighted by Crippen LogP contribution is 2.29. The first kappa shape index (κ1) is 17.5. The minimum Gasteiger partial charge on any atom is -0.372 e. The number of nitrogens with one attached hydrogen (secondary N) is 1. The lowest BCUT2D eigenvalue weighted by Crippen LogP contribution is -2.40. The van der Waals surface area contributed by atoms with Crippen LogP contribution >= 0.6 is 11.6 Å². The number of rotatable bonds is 4. The van der Waals surface area contributed by atoms with E-state index in [0.717, 1.165) is 5.69 Å². The third-order valence-corrected chi connectivity index (χ3v) is 6.41. The van der Waals surface area contributed by atoms with Gasteiger partial charge in [-0.2, -0.15) is 0 Å². The number of hydrogen-bond acceptors (Lipinski definition) is 5. The normalized spacial score (nSPS) is 21.3. The third kappa shape index (κ3) is 3.11. The Morgan fingerprint density at radius 2 is 2.23 bits per heavy atom. The molecule has 1 N–H and O–H groups in total. The van der Waals surface area contributed by atoms with Crippen molar-refractivity contribution in [3.8, 4) is 0 Å². The summed E-state index contributed by atoms with van der Waals surface area (Å²) in [6, 6.07) is 4.95. The molecule has 8 nitrogen and oxygen atoms in total. The molecule has 138 valence electrons. The second kappa shape index (κ2) is 6.66. The Hall–Kier alpha value is -1.94. The standard InChI is InChI=1S/C16H18ClN5O3S/c1-21-10-18-9-12(21)13-8-11(5-7-25-13)20-26(23,24)16-15(17)19-14-4-2-3-6-22(14)16/h2-4,6,9-11,13,20H,5,7-8H2,1H3/t11-,13-/m0/s1. The van der Waals surface area contributed by atoms with Gasteiger partial charge >= 0.3 is 0 Å². The smallest absolute Gasteiger partial charge is 0.260 e. The first-order chi connectivity index (χ1) is 12.5. The number of aromatic nitrogens is 4. The molecule has 0 spiro atoms. The van der Waals surface area contributed by atoms with E-state index < -0.39 is 10.0 Å². The predicted molar refractivity (Wildman–Crippen MR) is 95.4 cm³/mol. The van der Waals surface area contributed by atoms with Gasteiger partial charge in [-0.1, -0.05) is 17.7 Å². The van der Waals surface area contributed by atoms with Gasteiger partial charge in [0.25, 0.3) is 10.0 Å². The van der Waals surface area contributed by atoms with Crippen molar-refractivity contribution < 1.29 is 13.2 Å². The molecule has 3 aromatic heterocycles. The van der Waals surface area contributed by atoms with Crippen LogP contribution in [0.25, 0.3) is 5.65 Å². The minimum atomic E-state index is -3.84. The summed E-state index contributed by atoms with van der Waals surface area (Å²) in [5.41, 5.74) is 1.40. The summed E-state index contributed by atoms with van der Waals surface area (Å²) in [5, 5.41) is -0.0858. The second-order valence-electron chi connectivity index (χ2n) is 6.27. The van der Waals surface area contributed by atoms with Gasteiger partial charge in [-0.3, -0.25) is 4.40 Å². The fourth-order valence-electron chi connectivity index (χ4n) is 3.25. The maximum atomic E-state index is 12.9. The fraction of sp³-hybridized carbons (Fsp3) is 0.375. The molecule has 26 heavy (non-hydrogen) atoms. The van der Waals surface area contributed by atoms with Crippen LogP contribution < -0.4 is 4.72 Å². The average molecular weight is 396 g/mol. The zero-order valence-corrected chi connectivity index (χ0v) is 15.6. The van der Waals surface area contributed by atoms with Crippen LogP contribution in [-0.2, 0) is 21.8 Å². The first-order valence-corrected chi connectivity index (χ1v) is 10.0. The Bertz CT molecular complexity index is 1050. The van der Waals surface area contributed by atoms with Crippen LogP contribution in [0.1, 0.15) is 24.6 Å². The fourth-order valence-corrected chi connectivity index (χ4v) is 5.18. The summed E-state index contributed by atoms with van der Waals surface area (Å²) >= 11 is 6.11. The summed E-state index contributed by atoms with van der Waals surface area (Å²) in [6.07, 6.45) is 5.97. The molecule has 2 atom stereocenters. The van der Waals surface area contributed by atoms with Crippen LogP contribution in [0.5, 0.6) is 0 Å². The molecule has 0 aliphatic carbocycles. The maximum Gasteiger partial charge on any atom is 0.260 e. The predicted octanol–water partition coefficient (Wildman–Crippen LogP) is 1.92. The van der Waals surface area contributed by atoms with Gasteiger partial charge in [-0.25, -0.2) is 23.1 Å². The summed E-state index contributed by atoms with van der Waals surface area (Å²) in [7, 11) is -1.95. The van der Waals surface area contributed by atoms with E-state index in [9.17, 15) is 8.42 Å². The molecule has 1 aliphatic rings. The molecule has 1 fully saturated rings. The summed E-state index contributed by atoms with van der Waals surface area (Å²) in [4.78, 5) is 8.21. The van der Waals surface area contributed by atoms with Gasteiger partial charge in [-0.05, 0) is 25.0 Å². The van der Waals surface area contributed by atoms with Crippen LogP contribution in [-0.4, -0.2) is 40.0 Å². The van der Waals surface area contributed by atoms with Crippen molar-refractivity contribution in [1.29, 1.82) is 0 Å². The number of nitrogens with zero attached hydrogens (tertiary/aromatic N) is 4. The van der Waals surface area contributed by atoms with Gasteiger partial charge in [0.15, 0.2) is 10.2 Å². The molecule has 0 saturated carbocycles. The number of pyridine rings is 1. The molecule has 10 heteroatoms. The molecule has 4 heterocycles. The Kier molecular flexibility index (Phi) is 4.47. The van der Waals surface area contributed by atoms with Crippen molar-refractivity contribution in [2.45, 2.75) is 30.0 Å². The number of halogens is 1. The number of imidazole rings is 2. The summed E-state index contributed by atoms with van der Waals surface area (Å²) in [6.45, 7) is 0.462. The molecule has 1 saturated heterocycles. The Morgan fingerprint density at radius 1 is 1.38 bits per heavy atom. The van der Waals surface area contributed by atoms with Gasteiger partial charge in [0, 0.05) is 25.9 Å². The van der Waals surface area contributed by atoms with E-state index in [2.05, 4.69) is 14.7 Å². The molecule has 0 amide bonds. The molecule has 1 aliphatic heterocycles. The highest BCUT2D eigenvalue weighted by Gasteiger charge is 2.32. The van der Waals surface area contributed by atoms with Crippen LogP contribution in [0.4, 0.5) is 0 Å². The molecule has 4 rings (SSSR count). The van der Waals surface area contributed by atoms with Crippen LogP contribution in [0.15, 0.2) is 41.9 Å². The van der Waals surface area contributed by atoms with Gasteiger partial charge in [0.05, 0.1) is 18.2 Å². The van der Waals surface area contributed by atoms with Crippen molar-refractivity contribution in [3.05, 3.63) is 47.8 Å². The highest BCUT2D eigenvalue weighted by molar-refractivity contribution is 7.89. The Balaban J connectivity index is 1.59. The van der Waals surface area contributed by atoms with Crippen molar-refractivity contribution in [2.24, 2.45) is 7.05 Å². The second-order valence-corrected chi connectivity index (χ2v) is 8.26. The van der Waals surface area contributed by atoms with E-state index >= 15 is 0 Å². The van der Waals surface area contributed by atoms with Gasteiger partial charge in [0.1, 0.15) is 11.8 Å². The van der Waals surface area contributed by atoms with Crippen molar-refractivity contribution in [3.63, 3.8) is 0 Å².